The Labute approximate surface area is 371 Å². The number of carbonyl (C=O) groups excluding carboxylic acids is 4. The molecule has 65 heavy (non-hydrogen) atoms. The lowest BCUT2D eigenvalue weighted by molar-refractivity contribution is -0.345. The number of amides is 1. The van der Waals surface area contributed by atoms with Crippen LogP contribution >= 0.6 is 0 Å². The van der Waals surface area contributed by atoms with E-state index in [1.807, 2.05) is 0 Å². The first-order valence-corrected chi connectivity index (χ1v) is 21.4. The third-order valence-corrected chi connectivity index (χ3v) is 13.0. The molecular weight excluding hydrogens is 847 g/mol. The number of hydrogen-bond acceptors (Lipinski definition) is 18. The van der Waals surface area contributed by atoms with Crippen LogP contribution in [0.2, 0.25) is 0 Å². The summed E-state index contributed by atoms with van der Waals surface area (Å²) in [4.78, 5) is 68.2. The van der Waals surface area contributed by atoms with E-state index >= 15 is 0 Å². The third kappa shape index (κ3) is 7.42. The van der Waals surface area contributed by atoms with Crippen LogP contribution in [0.3, 0.4) is 0 Å². The number of benzene rings is 3. The van der Waals surface area contributed by atoms with Crippen molar-refractivity contribution in [1.29, 1.82) is 0 Å². The second-order valence-corrected chi connectivity index (χ2v) is 16.9. The number of para-hydroxylation sites is 1. The number of ketones is 2. The molecule has 7 unspecified atom stereocenters. The van der Waals surface area contributed by atoms with Gasteiger partial charge in [-0.25, -0.2) is 0 Å². The molecule has 1 spiro atoms. The number of fused-ring (bicyclic) bond motifs is 7. The molecule has 2 fully saturated rings. The summed E-state index contributed by atoms with van der Waals surface area (Å²) in [5.41, 5.74) is 2.93. The van der Waals surface area contributed by atoms with Crippen LogP contribution in [-0.2, 0) is 25.7 Å². The van der Waals surface area contributed by atoms with Crippen molar-refractivity contribution in [3.63, 3.8) is 0 Å². The molecule has 9 rings (SSSR count). The van der Waals surface area contributed by atoms with E-state index in [1.54, 1.807) is 35.2 Å². The average Bonchev–Trinajstić information content (AvgIpc) is 3.72. The number of rotatable bonds is 10. The summed E-state index contributed by atoms with van der Waals surface area (Å²) in [7, 11) is 0. The molecule has 19 heteroatoms. The molecule has 340 valence electrons. The summed E-state index contributed by atoms with van der Waals surface area (Å²) in [6, 6.07) is 12.7. The van der Waals surface area contributed by atoms with Crippen molar-refractivity contribution in [2.75, 3.05) is 24.8 Å². The van der Waals surface area contributed by atoms with Crippen LogP contribution in [0.1, 0.15) is 99.4 Å². The Morgan fingerprint density at radius 3 is 2.51 bits per heavy atom. The predicted molar refractivity (Wildman–Crippen MR) is 229 cm³/mol. The summed E-state index contributed by atoms with van der Waals surface area (Å²) in [5, 5.41) is 67.3. The molecule has 8 N–H and O–H groups in total. The lowest BCUT2D eigenvalue weighted by atomic mass is 9.73. The number of nitrogens with two attached hydrogens (primary N) is 1. The van der Waals surface area contributed by atoms with Gasteiger partial charge < -0.3 is 65.0 Å². The van der Waals surface area contributed by atoms with Gasteiger partial charge in [-0.1, -0.05) is 30.7 Å². The van der Waals surface area contributed by atoms with Gasteiger partial charge in [0, 0.05) is 53.3 Å². The van der Waals surface area contributed by atoms with E-state index in [0.29, 0.717) is 48.8 Å². The van der Waals surface area contributed by atoms with Crippen molar-refractivity contribution in [1.82, 2.24) is 0 Å². The molecule has 1 saturated heterocycles. The van der Waals surface area contributed by atoms with Gasteiger partial charge in [0.1, 0.15) is 43.5 Å². The first-order valence-electron chi connectivity index (χ1n) is 21.4. The average molecular weight is 894 g/mol. The molecule has 19 nitrogen and oxygen atoms in total. The minimum atomic E-state index is -2.53. The van der Waals surface area contributed by atoms with E-state index in [9.17, 15) is 49.8 Å². The Hall–Kier alpha value is -6.19. The van der Waals surface area contributed by atoms with Crippen LogP contribution in [0.25, 0.3) is 0 Å². The number of nitrogens with zero attached hydrogens (tertiary/aromatic N) is 4. The highest BCUT2D eigenvalue weighted by Gasteiger charge is 2.62. The maximum atomic E-state index is 14.8. The Bertz CT molecular complexity index is 2590. The summed E-state index contributed by atoms with van der Waals surface area (Å²) in [6.07, 6.45) is -2.99. The van der Waals surface area contributed by atoms with E-state index in [0.717, 1.165) is 6.42 Å². The SMILES string of the molecule is NC1=NC(=O)C2=NCN(c3ccccc3C3C=COC4(CCCCC4)C4OC(Oc5c3cc3c(c5OCC(O)CC=O)C(=O)c5cc(CO)ccc5C3=O)C(O)(CCO)C(O)C4O)C2=N1. The Balaban J connectivity index is 1.34. The zero-order chi connectivity index (χ0) is 45.8. The minimum Gasteiger partial charge on any atom is -0.492 e. The number of aliphatic hydroxyl groups is 6. The van der Waals surface area contributed by atoms with Crippen LogP contribution in [-0.4, -0.2) is 134 Å². The lowest BCUT2D eigenvalue weighted by Gasteiger charge is -2.53. The molecule has 2 bridgehead atoms. The quantitative estimate of drug-likeness (QED) is 0.110. The van der Waals surface area contributed by atoms with Crippen LogP contribution in [0.15, 0.2) is 75.8 Å². The predicted octanol–water partition coefficient (Wildman–Crippen LogP) is 1.07. The number of aliphatic imine (C=N–C) groups is 3. The maximum absolute atomic E-state index is 14.8. The molecule has 4 heterocycles. The van der Waals surface area contributed by atoms with E-state index in [1.165, 1.54) is 30.5 Å². The number of guanidine groups is 1. The van der Waals surface area contributed by atoms with Gasteiger partial charge in [-0.3, -0.25) is 19.4 Å². The summed E-state index contributed by atoms with van der Waals surface area (Å²) >= 11 is 0. The zero-order valence-corrected chi connectivity index (χ0v) is 34.9. The topological polar surface area (TPSA) is 293 Å². The fraction of sp³-hybridized carbons (Fsp3) is 0.413. The highest BCUT2D eigenvalue weighted by Crippen LogP contribution is 2.52. The summed E-state index contributed by atoms with van der Waals surface area (Å²) < 4.78 is 26.4. The highest BCUT2D eigenvalue weighted by molar-refractivity contribution is 6.72. The maximum Gasteiger partial charge on any atom is 0.302 e. The van der Waals surface area contributed by atoms with Crippen molar-refractivity contribution < 1.29 is 68.8 Å². The molecule has 2 aliphatic carbocycles. The number of aliphatic hydroxyl groups excluding tert-OH is 5. The molecule has 4 aliphatic heterocycles. The smallest absolute Gasteiger partial charge is 0.302 e. The van der Waals surface area contributed by atoms with Gasteiger partial charge in [-0.2, -0.15) is 9.98 Å². The number of aldehydes is 1. The fourth-order valence-electron chi connectivity index (χ4n) is 9.73. The monoisotopic (exact) mass is 893 g/mol. The van der Waals surface area contributed by atoms with E-state index in [-0.39, 0.29) is 64.2 Å². The second-order valence-electron chi connectivity index (χ2n) is 16.9. The third-order valence-electron chi connectivity index (χ3n) is 13.0. The van der Waals surface area contributed by atoms with Crippen molar-refractivity contribution >= 4 is 47.0 Å². The van der Waals surface area contributed by atoms with Gasteiger partial charge in [-0.15, -0.1) is 0 Å². The molecule has 1 saturated carbocycles. The molecule has 7 atom stereocenters. The van der Waals surface area contributed by atoms with Gasteiger partial charge in [0.15, 0.2) is 40.2 Å². The summed E-state index contributed by atoms with van der Waals surface area (Å²) in [5.74, 6) is -3.98. The van der Waals surface area contributed by atoms with E-state index in [2.05, 4.69) is 15.0 Å². The Morgan fingerprint density at radius 1 is 0.969 bits per heavy atom. The van der Waals surface area contributed by atoms with E-state index < -0.39 is 97.3 Å². The first kappa shape index (κ1) is 44.0. The standard InChI is InChI=1S/C46H47N5O14/c47-44-49-41-33(42(60)50-44)48-22-51(41)31-7-3-2-6-26(31)25-11-17-63-45(12-4-1-5-13-45)40-36(58)39(59)46(61,14-16-53)43(65-40)64-37-29(25)19-30-32(38(37)62-21-24(55)10-15-52)35(57)28-18-23(20-54)8-9-27(28)34(30)56/h2-3,6-9,11,15,17-19,24-25,36,39-40,43,53-55,58-59,61H,1,4-5,10,12-14,16,20-22H2,(H2,47,50,60). The summed E-state index contributed by atoms with van der Waals surface area (Å²) in [6.45, 7) is -1.84. The van der Waals surface area contributed by atoms with Crippen molar-refractivity contribution in [3.8, 4) is 11.5 Å². The number of carbonyl (C=O) groups is 4. The van der Waals surface area contributed by atoms with Gasteiger partial charge in [0.05, 0.1) is 24.5 Å². The van der Waals surface area contributed by atoms with Gasteiger partial charge >= 0.3 is 5.91 Å². The lowest BCUT2D eigenvalue weighted by Crippen LogP contribution is -2.72. The molecule has 0 aromatic heterocycles. The minimum absolute atomic E-state index is 0.0197. The number of hydrogen-bond donors (Lipinski definition) is 7. The normalized spacial score (nSPS) is 27.1. The highest BCUT2D eigenvalue weighted by atomic mass is 16.7. The number of ether oxygens (including phenoxy) is 4. The Kier molecular flexibility index (Phi) is 11.7. The largest absolute Gasteiger partial charge is 0.492 e. The van der Waals surface area contributed by atoms with Gasteiger partial charge in [0.25, 0.3) is 0 Å². The van der Waals surface area contributed by atoms with Crippen molar-refractivity contribution in [3.05, 3.63) is 99.8 Å². The van der Waals surface area contributed by atoms with Gasteiger partial charge in [-0.05, 0) is 67.2 Å². The molecular formula is C46H47N5O14. The van der Waals surface area contributed by atoms with Crippen molar-refractivity contribution in [2.24, 2.45) is 20.7 Å². The van der Waals surface area contributed by atoms with Crippen LogP contribution in [0.5, 0.6) is 11.5 Å². The van der Waals surface area contributed by atoms with Crippen LogP contribution in [0, 0.1) is 0 Å². The van der Waals surface area contributed by atoms with Crippen LogP contribution in [0.4, 0.5) is 5.69 Å². The second kappa shape index (κ2) is 17.3. The molecule has 3 aromatic rings. The Morgan fingerprint density at radius 2 is 1.75 bits per heavy atom. The fourth-order valence-corrected chi connectivity index (χ4v) is 9.73. The number of allylic oxidation sites excluding steroid dienone is 1. The molecule has 3 aromatic carbocycles. The number of anilines is 1. The van der Waals surface area contributed by atoms with Crippen LogP contribution < -0.4 is 20.1 Å². The molecule has 1 amide bonds. The van der Waals surface area contributed by atoms with Crippen molar-refractivity contribution in [2.45, 2.75) is 99.4 Å². The zero-order valence-electron chi connectivity index (χ0n) is 34.9. The molecule has 0 radical (unpaired) electrons. The van der Waals surface area contributed by atoms with E-state index in [4.69, 9.17) is 24.7 Å². The first-order chi connectivity index (χ1) is 31.3. The van der Waals surface area contributed by atoms with Gasteiger partial charge in [0.2, 0.25) is 12.2 Å². The molecule has 6 aliphatic rings. The number of amidine groups is 1.